The van der Waals surface area contributed by atoms with Crippen molar-refractivity contribution >= 4 is 6.03 Å². The van der Waals surface area contributed by atoms with Crippen molar-refractivity contribution in [3.8, 4) is 0 Å². The second-order valence-corrected chi connectivity index (χ2v) is 6.61. The number of carbonyl (C=O) groups is 1. The lowest BCUT2D eigenvalue weighted by Crippen LogP contribution is -2.51. The molecule has 0 saturated carbocycles. The van der Waals surface area contributed by atoms with Crippen molar-refractivity contribution in [3.05, 3.63) is 35.4 Å². The molecule has 2 rings (SSSR count). The highest BCUT2D eigenvalue weighted by molar-refractivity contribution is 5.75. The van der Waals surface area contributed by atoms with E-state index in [9.17, 15) is 9.90 Å². The number of ether oxygens (including phenoxy) is 1. The maximum atomic E-state index is 12.6. The van der Waals surface area contributed by atoms with Crippen LogP contribution in [-0.2, 0) is 4.74 Å². The summed E-state index contributed by atoms with van der Waals surface area (Å²) in [4.78, 5) is 14.3. The minimum atomic E-state index is -0.281. The number of nitrogens with zero attached hydrogens (tertiary/aromatic N) is 1. The number of carbonyl (C=O) groups excluding carboxylic acids is 1. The fourth-order valence-electron chi connectivity index (χ4n) is 2.97. The summed E-state index contributed by atoms with van der Waals surface area (Å²) in [5.41, 5.74) is 2.36. The van der Waals surface area contributed by atoms with E-state index >= 15 is 0 Å². The number of amides is 2. The zero-order valence-electron chi connectivity index (χ0n) is 14.3. The molecule has 5 nitrogen and oxygen atoms in total. The van der Waals surface area contributed by atoms with Gasteiger partial charge in [-0.25, -0.2) is 4.79 Å². The molecular weight excluding hydrogens is 292 g/mol. The van der Waals surface area contributed by atoms with E-state index in [0.717, 1.165) is 6.42 Å². The minimum absolute atomic E-state index is 0.000813. The average Bonchev–Trinajstić information content (AvgIpc) is 2.54. The van der Waals surface area contributed by atoms with Crippen LogP contribution in [0.4, 0.5) is 4.79 Å². The second kappa shape index (κ2) is 8.31. The van der Waals surface area contributed by atoms with Crippen LogP contribution < -0.4 is 5.32 Å². The Kier molecular flexibility index (Phi) is 6.42. The summed E-state index contributed by atoms with van der Waals surface area (Å²) in [5, 5.41) is 12.4. The average molecular weight is 320 g/mol. The van der Waals surface area contributed by atoms with Gasteiger partial charge in [-0.05, 0) is 30.4 Å². The molecule has 0 unspecified atom stereocenters. The van der Waals surface area contributed by atoms with E-state index in [0.29, 0.717) is 25.6 Å². The van der Waals surface area contributed by atoms with E-state index in [-0.39, 0.29) is 24.8 Å². The molecule has 1 saturated heterocycles. The Hall–Kier alpha value is -1.59. The van der Waals surface area contributed by atoms with Gasteiger partial charge in [0.15, 0.2) is 0 Å². The zero-order chi connectivity index (χ0) is 16.8. The van der Waals surface area contributed by atoms with Gasteiger partial charge in [0, 0.05) is 6.54 Å². The van der Waals surface area contributed by atoms with Crippen LogP contribution in [0, 0.1) is 12.8 Å². The fourth-order valence-corrected chi connectivity index (χ4v) is 2.97. The summed E-state index contributed by atoms with van der Waals surface area (Å²) in [6, 6.07) is 8.10. The Labute approximate surface area is 138 Å². The highest BCUT2D eigenvalue weighted by Gasteiger charge is 2.26. The molecule has 5 heteroatoms. The van der Waals surface area contributed by atoms with Crippen LogP contribution in [0.25, 0.3) is 0 Å². The molecule has 0 radical (unpaired) electrons. The molecule has 0 aliphatic carbocycles. The van der Waals surface area contributed by atoms with Gasteiger partial charge in [-0.3, -0.25) is 0 Å². The van der Waals surface area contributed by atoms with Gasteiger partial charge in [-0.15, -0.1) is 0 Å². The topological polar surface area (TPSA) is 61.8 Å². The number of aliphatic hydroxyl groups is 1. The number of aliphatic hydroxyl groups excluding tert-OH is 1. The van der Waals surface area contributed by atoms with Crippen molar-refractivity contribution in [1.82, 2.24) is 10.2 Å². The van der Waals surface area contributed by atoms with Crippen molar-refractivity contribution in [2.75, 3.05) is 26.3 Å². The first-order chi connectivity index (χ1) is 11.0. The van der Waals surface area contributed by atoms with E-state index in [1.165, 1.54) is 11.1 Å². The summed E-state index contributed by atoms with van der Waals surface area (Å²) < 4.78 is 5.41. The van der Waals surface area contributed by atoms with Crippen molar-refractivity contribution in [2.45, 2.75) is 39.3 Å². The molecule has 1 aromatic carbocycles. The summed E-state index contributed by atoms with van der Waals surface area (Å²) in [6.07, 6.45) is 0.612. The Morgan fingerprint density at radius 1 is 1.43 bits per heavy atom. The van der Waals surface area contributed by atoms with Crippen molar-refractivity contribution in [2.24, 2.45) is 5.92 Å². The van der Waals surface area contributed by atoms with Crippen LogP contribution in [0.15, 0.2) is 24.3 Å². The highest BCUT2D eigenvalue weighted by atomic mass is 16.5. The number of nitrogens with one attached hydrogen (secondary N) is 1. The first kappa shape index (κ1) is 17.8. The maximum absolute atomic E-state index is 12.6. The van der Waals surface area contributed by atoms with Crippen molar-refractivity contribution in [3.63, 3.8) is 0 Å². The van der Waals surface area contributed by atoms with E-state index < -0.39 is 0 Å². The molecule has 1 heterocycles. The third-order valence-corrected chi connectivity index (χ3v) is 4.20. The minimum Gasteiger partial charge on any atom is -0.394 e. The number of hydrogen-bond donors (Lipinski definition) is 2. The van der Waals surface area contributed by atoms with Gasteiger partial charge in [0.25, 0.3) is 0 Å². The third-order valence-electron chi connectivity index (χ3n) is 4.20. The molecule has 0 bridgehead atoms. The normalized spacial score (nSPS) is 19.7. The van der Waals surface area contributed by atoms with Gasteiger partial charge in [0.1, 0.15) is 0 Å². The molecule has 0 aromatic heterocycles. The Morgan fingerprint density at radius 3 is 2.83 bits per heavy atom. The molecule has 1 aliphatic heterocycles. The molecule has 23 heavy (non-hydrogen) atoms. The lowest BCUT2D eigenvalue weighted by molar-refractivity contribution is -0.0405. The third kappa shape index (κ3) is 4.94. The molecule has 1 fully saturated rings. The van der Waals surface area contributed by atoms with Crippen LogP contribution in [0.1, 0.15) is 37.4 Å². The number of benzene rings is 1. The van der Waals surface area contributed by atoms with Crippen molar-refractivity contribution < 1.29 is 14.6 Å². The van der Waals surface area contributed by atoms with Crippen LogP contribution >= 0.6 is 0 Å². The highest BCUT2D eigenvalue weighted by Crippen LogP contribution is 2.24. The summed E-state index contributed by atoms with van der Waals surface area (Å²) in [7, 11) is 0. The standard InChI is InChI=1S/C18H28N2O3/c1-13(2)10-17(16-7-5-4-6-14(16)3)19-18(22)20-8-9-23-15(11-20)12-21/h4-7,13,15,17,21H,8-12H2,1-3H3,(H,19,22)/t15-,17-/m0/s1. The van der Waals surface area contributed by atoms with Gasteiger partial charge in [-0.2, -0.15) is 0 Å². The predicted octanol–water partition coefficient (Wildman–Crippen LogP) is 2.48. The van der Waals surface area contributed by atoms with Crippen LogP contribution in [0.5, 0.6) is 0 Å². The molecule has 1 aromatic rings. The number of hydrogen-bond acceptors (Lipinski definition) is 3. The van der Waals surface area contributed by atoms with E-state index in [4.69, 9.17) is 4.74 Å². The molecule has 1 aliphatic rings. The Bertz CT molecular complexity index is 519. The fraction of sp³-hybridized carbons (Fsp3) is 0.611. The molecule has 2 N–H and O–H groups in total. The Morgan fingerprint density at radius 2 is 2.17 bits per heavy atom. The Balaban J connectivity index is 2.08. The van der Waals surface area contributed by atoms with Gasteiger partial charge >= 0.3 is 6.03 Å². The van der Waals surface area contributed by atoms with Gasteiger partial charge in [-0.1, -0.05) is 38.1 Å². The first-order valence-corrected chi connectivity index (χ1v) is 8.34. The number of aryl methyl sites for hydroxylation is 1. The molecule has 0 spiro atoms. The quantitative estimate of drug-likeness (QED) is 0.876. The SMILES string of the molecule is Cc1ccccc1[C@H](CC(C)C)NC(=O)N1CCO[C@H](CO)C1. The van der Waals surface area contributed by atoms with E-state index in [2.05, 4.69) is 38.2 Å². The van der Waals surface area contributed by atoms with Crippen molar-refractivity contribution in [1.29, 1.82) is 0 Å². The largest absolute Gasteiger partial charge is 0.394 e. The predicted molar refractivity (Wildman–Crippen MR) is 90.3 cm³/mol. The van der Waals surface area contributed by atoms with Crippen LogP contribution in [0.3, 0.4) is 0 Å². The van der Waals surface area contributed by atoms with Gasteiger partial charge in [0.2, 0.25) is 0 Å². The summed E-state index contributed by atoms with van der Waals surface area (Å²) in [5.74, 6) is 0.481. The zero-order valence-corrected chi connectivity index (χ0v) is 14.3. The van der Waals surface area contributed by atoms with Gasteiger partial charge in [0.05, 0.1) is 31.9 Å². The van der Waals surface area contributed by atoms with Crippen LogP contribution in [0.2, 0.25) is 0 Å². The first-order valence-electron chi connectivity index (χ1n) is 8.34. The lowest BCUT2D eigenvalue weighted by atomic mass is 9.94. The molecule has 2 atom stereocenters. The van der Waals surface area contributed by atoms with E-state index in [1.807, 2.05) is 12.1 Å². The second-order valence-electron chi connectivity index (χ2n) is 6.61. The maximum Gasteiger partial charge on any atom is 0.318 e. The summed E-state index contributed by atoms with van der Waals surface area (Å²) in [6.45, 7) is 7.80. The number of morpholine rings is 1. The monoisotopic (exact) mass is 320 g/mol. The number of urea groups is 1. The van der Waals surface area contributed by atoms with E-state index in [1.54, 1.807) is 4.90 Å². The number of rotatable bonds is 5. The molecular formula is C18H28N2O3. The summed E-state index contributed by atoms with van der Waals surface area (Å²) >= 11 is 0. The van der Waals surface area contributed by atoms with Crippen LogP contribution in [-0.4, -0.2) is 48.4 Å². The molecule has 128 valence electrons. The lowest BCUT2D eigenvalue weighted by Gasteiger charge is -2.34. The van der Waals surface area contributed by atoms with Gasteiger partial charge < -0.3 is 20.1 Å². The smallest absolute Gasteiger partial charge is 0.318 e. The molecule has 2 amide bonds.